The molecular formula is C30H39N3O4. The van der Waals surface area contributed by atoms with Gasteiger partial charge in [-0.05, 0) is 37.0 Å². The van der Waals surface area contributed by atoms with E-state index in [2.05, 4.69) is 4.98 Å². The number of aromatic nitrogens is 1. The summed E-state index contributed by atoms with van der Waals surface area (Å²) in [5, 5.41) is 9.89. The van der Waals surface area contributed by atoms with Crippen molar-refractivity contribution < 1.29 is 19.4 Å². The summed E-state index contributed by atoms with van der Waals surface area (Å²) in [4.78, 5) is 34.8. The Balaban J connectivity index is 1.60. The number of carbonyl (C=O) groups is 2. The fourth-order valence-corrected chi connectivity index (χ4v) is 5.21. The average Bonchev–Trinajstić information content (AvgIpc) is 2.94. The minimum Gasteiger partial charge on any atom is -0.472 e. The highest BCUT2D eigenvalue weighted by atomic mass is 16.5. The van der Waals surface area contributed by atoms with Crippen LogP contribution >= 0.6 is 0 Å². The lowest BCUT2D eigenvalue weighted by molar-refractivity contribution is -0.136. The van der Waals surface area contributed by atoms with Crippen molar-refractivity contribution >= 4 is 24.0 Å². The number of rotatable bonds is 7. The number of ether oxygens (including phenoxy) is 1. The van der Waals surface area contributed by atoms with E-state index < -0.39 is 0 Å². The first kappa shape index (κ1) is 26.9. The molecule has 2 heterocycles. The van der Waals surface area contributed by atoms with E-state index in [-0.39, 0.29) is 48.3 Å². The summed E-state index contributed by atoms with van der Waals surface area (Å²) in [6.45, 7) is 4.56. The summed E-state index contributed by atoms with van der Waals surface area (Å²) >= 11 is 0. The third-order valence-electron chi connectivity index (χ3n) is 7.59. The molecule has 1 saturated carbocycles. The highest BCUT2D eigenvalue weighted by Crippen LogP contribution is 2.29. The Hall–Kier alpha value is -3.19. The van der Waals surface area contributed by atoms with Gasteiger partial charge in [0.15, 0.2) is 0 Å². The predicted molar refractivity (Wildman–Crippen MR) is 145 cm³/mol. The van der Waals surface area contributed by atoms with Crippen molar-refractivity contribution in [3.05, 3.63) is 59.3 Å². The molecule has 0 saturated heterocycles. The Labute approximate surface area is 220 Å². The molecule has 1 aliphatic heterocycles. The molecule has 198 valence electrons. The lowest BCUT2D eigenvalue weighted by Gasteiger charge is -2.38. The Morgan fingerprint density at radius 1 is 1.19 bits per heavy atom. The summed E-state index contributed by atoms with van der Waals surface area (Å²) in [5.74, 6) is 0.249. The smallest absolute Gasteiger partial charge is 0.259 e. The molecule has 3 atom stereocenters. The van der Waals surface area contributed by atoms with Gasteiger partial charge >= 0.3 is 0 Å². The molecule has 1 aliphatic carbocycles. The van der Waals surface area contributed by atoms with Crippen LogP contribution in [-0.4, -0.2) is 70.6 Å². The van der Waals surface area contributed by atoms with Crippen LogP contribution in [0.15, 0.2) is 42.6 Å². The maximum absolute atomic E-state index is 13.6. The molecular weight excluding hydrogens is 466 g/mol. The van der Waals surface area contributed by atoms with Crippen LogP contribution in [-0.2, 0) is 4.79 Å². The van der Waals surface area contributed by atoms with Crippen LogP contribution in [0.1, 0.15) is 67.4 Å². The van der Waals surface area contributed by atoms with Crippen LogP contribution in [0.5, 0.6) is 5.88 Å². The number of pyridine rings is 1. The molecule has 1 aromatic carbocycles. The molecule has 1 fully saturated rings. The molecule has 37 heavy (non-hydrogen) atoms. The van der Waals surface area contributed by atoms with E-state index in [4.69, 9.17) is 4.74 Å². The van der Waals surface area contributed by atoms with Crippen molar-refractivity contribution in [3.63, 3.8) is 0 Å². The number of fused-ring (bicyclic) bond motifs is 1. The van der Waals surface area contributed by atoms with Crippen LogP contribution in [0.25, 0.3) is 12.2 Å². The number of aliphatic hydroxyl groups excluding tert-OH is 1. The van der Waals surface area contributed by atoms with E-state index in [1.165, 1.54) is 6.42 Å². The zero-order valence-corrected chi connectivity index (χ0v) is 22.2. The van der Waals surface area contributed by atoms with Gasteiger partial charge in [0.2, 0.25) is 11.8 Å². The first-order valence-corrected chi connectivity index (χ1v) is 13.4. The highest BCUT2D eigenvalue weighted by molar-refractivity contribution is 5.97. The molecule has 0 radical (unpaired) electrons. The number of likely N-dealkylation sites (N-methyl/N-ethyl adjacent to an activating group) is 1. The molecule has 0 unspecified atom stereocenters. The minimum absolute atomic E-state index is 0.0628. The summed E-state index contributed by atoms with van der Waals surface area (Å²) in [5.41, 5.74) is 2.20. The largest absolute Gasteiger partial charge is 0.472 e. The highest BCUT2D eigenvalue weighted by Gasteiger charge is 2.35. The number of nitrogens with zero attached hydrogens (tertiary/aromatic N) is 3. The number of amides is 2. The van der Waals surface area contributed by atoms with Crippen LogP contribution in [0, 0.1) is 11.8 Å². The monoisotopic (exact) mass is 505 g/mol. The van der Waals surface area contributed by atoms with Gasteiger partial charge in [0.25, 0.3) is 5.91 Å². The van der Waals surface area contributed by atoms with Crippen molar-refractivity contribution in [3.8, 4) is 5.88 Å². The zero-order valence-electron chi connectivity index (χ0n) is 22.2. The topological polar surface area (TPSA) is 83.0 Å². The summed E-state index contributed by atoms with van der Waals surface area (Å²) < 4.78 is 6.37. The van der Waals surface area contributed by atoms with Gasteiger partial charge in [-0.3, -0.25) is 9.59 Å². The third kappa shape index (κ3) is 6.58. The van der Waals surface area contributed by atoms with E-state index in [1.807, 2.05) is 63.4 Å². The van der Waals surface area contributed by atoms with Crippen molar-refractivity contribution in [1.82, 2.24) is 14.8 Å². The number of carbonyl (C=O) groups excluding carboxylic acids is 2. The Bertz CT molecular complexity index is 1100. The van der Waals surface area contributed by atoms with Crippen molar-refractivity contribution in [2.45, 2.75) is 58.1 Å². The molecule has 7 heteroatoms. The lowest BCUT2D eigenvalue weighted by Crippen LogP contribution is -2.51. The SMILES string of the molecule is C[C@@H]1CN([C@H](C)CO)C(=O)c2cc(/C=C/c3ccccc3)cnc2O[C@@H]1CN(C)C(=O)C1CCCCC1. The standard InChI is InChI=1S/C30H39N3O4/c1-21-18-33(22(2)20-34)30(36)26-16-24(15-14-23-10-6-4-7-11-23)17-31-28(26)37-27(21)19-32(3)29(35)25-12-8-5-9-13-25/h4,6-7,10-11,14-17,21-22,25,27,34H,5,8-9,12-13,18-20H2,1-3H3/b15-14+/t21-,22-,27-/m1/s1. The lowest BCUT2D eigenvalue weighted by atomic mass is 9.88. The van der Waals surface area contributed by atoms with Gasteiger partial charge in [-0.1, -0.05) is 68.7 Å². The number of aliphatic hydroxyl groups is 1. The Morgan fingerprint density at radius 2 is 1.89 bits per heavy atom. The van der Waals surface area contributed by atoms with Crippen molar-refractivity contribution in [2.75, 3.05) is 26.7 Å². The molecule has 2 aromatic rings. The molecule has 1 N–H and O–H groups in total. The number of benzene rings is 1. The van der Waals surface area contributed by atoms with Gasteiger partial charge < -0.3 is 19.6 Å². The Kier molecular flexibility index (Phi) is 8.98. The van der Waals surface area contributed by atoms with E-state index in [9.17, 15) is 14.7 Å². The first-order chi connectivity index (χ1) is 17.9. The molecule has 2 amide bonds. The normalized spacial score (nSPS) is 21.6. The molecule has 4 rings (SSSR count). The van der Waals surface area contributed by atoms with E-state index in [0.717, 1.165) is 36.8 Å². The zero-order chi connectivity index (χ0) is 26.4. The fraction of sp³-hybridized carbons (Fsp3) is 0.500. The van der Waals surface area contributed by atoms with Crippen LogP contribution in [0.3, 0.4) is 0 Å². The van der Waals surface area contributed by atoms with Gasteiger partial charge in [0.1, 0.15) is 11.7 Å². The summed E-state index contributed by atoms with van der Waals surface area (Å²) in [7, 11) is 1.84. The molecule has 0 spiro atoms. The number of hydrogen-bond acceptors (Lipinski definition) is 5. The molecule has 1 aromatic heterocycles. The molecule has 0 bridgehead atoms. The summed E-state index contributed by atoms with van der Waals surface area (Å²) in [6, 6.07) is 11.4. The van der Waals surface area contributed by atoms with Gasteiger partial charge in [-0.15, -0.1) is 0 Å². The fourth-order valence-electron chi connectivity index (χ4n) is 5.21. The second-order valence-electron chi connectivity index (χ2n) is 10.5. The van der Waals surface area contributed by atoms with E-state index in [1.54, 1.807) is 22.1 Å². The van der Waals surface area contributed by atoms with Crippen molar-refractivity contribution in [1.29, 1.82) is 0 Å². The Morgan fingerprint density at radius 3 is 2.59 bits per heavy atom. The maximum Gasteiger partial charge on any atom is 0.259 e. The van der Waals surface area contributed by atoms with Crippen LogP contribution < -0.4 is 4.74 Å². The third-order valence-corrected chi connectivity index (χ3v) is 7.59. The van der Waals surface area contributed by atoms with Gasteiger partial charge in [-0.25, -0.2) is 4.98 Å². The van der Waals surface area contributed by atoms with Crippen LogP contribution in [0.4, 0.5) is 0 Å². The molecule has 7 nitrogen and oxygen atoms in total. The maximum atomic E-state index is 13.6. The summed E-state index contributed by atoms with van der Waals surface area (Å²) in [6.07, 6.45) is 10.6. The van der Waals surface area contributed by atoms with Gasteiger partial charge in [-0.2, -0.15) is 0 Å². The van der Waals surface area contributed by atoms with Gasteiger partial charge in [0, 0.05) is 31.6 Å². The van der Waals surface area contributed by atoms with E-state index >= 15 is 0 Å². The van der Waals surface area contributed by atoms with E-state index in [0.29, 0.717) is 18.7 Å². The minimum atomic E-state index is -0.355. The van der Waals surface area contributed by atoms with Crippen LogP contribution in [0.2, 0.25) is 0 Å². The van der Waals surface area contributed by atoms with Gasteiger partial charge in [0.05, 0.1) is 19.2 Å². The number of hydrogen-bond donors (Lipinski definition) is 1. The predicted octanol–water partition coefficient (Wildman–Crippen LogP) is 4.51. The second kappa shape index (κ2) is 12.4. The molecule has 2 aliphatic rings. The quantitative estimate of drug-likeness (QED) is 0.599. The average molecular weight is 506 g/mol. The first-order valence-electron chi connectivity index (χ1n) is 13.4. The van der Waals surface area contributed by atoms with Crippen molar-refractivity contribution in [2.24, 2.45) is 11.8 Å². The second-order valence-corrected chi connectivity index (χ2v) is 10.5.